The number of halogens is 3. The molecule has 2 rings (SSSR count). The third kappa shape index (κ3) is 3.80. The largest absolute Gasteiger partial charge is 0.495 e. The first-order valence-corrected chi connectivity index (χ1v) is 7.43. The maximum absolute atomic E-state index is 13.1. The number of hydrogen-bond acceptors (Lipinski definition) is 4. The molecule has 1 fully saturated rings. The number of ether oxygens (including phenoxy) is 1. The fourth-order valence-electron chi connectivity index (χ4n) is 2.09. The molecular weight excluding hydrogens is 310 g/mol. The van der Waals surface area contributed by atoms with Crippen LogP contribution in [0.3, 0.4) is 0 Å². The molecule has 1 saturated heterocycles. The number of alkyl halides is 3. The first-order valence-electron chi connectivity index (χ1n) is 7.43. The summed E-state index contributed by atoms with van der Waals surface area (Å²) in [6, 6.07) is 2.37. The molecule has 2 heterocycles. The molecule has 1 aliphatic rings. The summed E-state index contributed by atoms with van der Waals surface area (Å²) in [6.45, 7) is 10.8. The number of rotatable bonds is 3. The van der Waals surface area contributed by atoms with E-state index in [4.69, 9.17) is 14.0 Å². The Morgan fingerprint density at radius 2 is 1.61 bits per heavy atom. The molecule has 0 aromatic carbocycles. The van der Waals surface area contributed by atoms with Gasteiger partial charge in [-0.25, -0.2) is 4.98 Å². The SMILES string of the molecule is CC(C)Oc1cc(B2OC(C)(C)C(C)(C)O2)cc(C(F)(F)F)n1. The third-order valence-corrected chi connectivity index (χ3v) is 4.00. The van der Waals surface area contributed by atoms with Crippen molar-refractivity contribution in [1.82, 2.24) is 4.98 Å². The Hall–Kier alpha value is -1.28. The Balaban J connectivity index is 2.42. The Labute approximate surface area is 134 Å². The Kier molecular flexibility index (Phi) is 4.45. The highest BCUT2D eigenvalue weighted by Gasteiger charge is 2.52. The normalized spacial score (nSPS) is 20.2. The van der Waals surface area contributed by atoms with Gasteiger partial charge in [0.2, 0.25) is 5.88 Å². The van der Waals surface area contributed by atoms with E-state index >= 15 is 0 Å². The molecule has 0 aliphatic carbocycles. The monoisotopic (exact) mass is 331 g/mol. The van der Waals surface area contributed by atoms with Crippen molar-refractivity contribution in [2.75, 3.05) is 0 Å². The number of aromatic nitrogens is 1. The van der Waals surface area contributed by atoms with Crippen LogP contribution in [0.25, 0.3) is 0 Å². The van der Waals surface area contributed by atoms with Gasteiger partial charge in [0.1, 0.15) is 5.69 Å². The van der Waals surface area contributed by atoms with Gasteiger partial charge in [-0.3, -0.25) is 0 Å². The minimum atomic E-state index is -4.57. The summed E-state index contributed by atoms with van der Waals surface area (Å²) < 4.78 is 56.2. The summed E-state index contributed by atoms with van der Waals surface area (Å²) in [4.78, 5) is 3.53. The smallest absolute Gasteiger partial charge is 0.475 e. The molecule has 0 radical (unpaired) electrons. The van der Waals surface area contributed by atoms with Gasteiger partial charge in [0, 0.05) is 6.07 Å². The predicted molar refractivity (Wildman–Crippen MR) is 80.7 cm³/mol. The van der Waals surface area contributed by atoms with Crippen LogP contribution in [0, 0.1) is 0 Å². The van der Waals surface area contributed by atoms with E-state index in [1.165, 1.54) is 6.07 Å². The number of nitrogens with zero attached hydrogens (tertiary/aromatic N) is 1. The zero-order valence-electron chi connectivity index (χ0n) is 14.1. The van der Waals surface area contributed by atoms with E-state index in [-0.39, 0.29) is 17.4 Å². The van der Waals surface area contributed by atoms with Crippen molar-refractivity contribution in [3.8, 4) is 5.88 Å². The first-order chi connectivity index (χ1) is 10.3. The lowest BCUT2D eigenvalue weighted by atomic mass is 9.79. The van der Waals surface area contributed by atoms with E-state index in [9.17, 15) is 13.2 Å². The standard InChI is InChI=1S/C15H21BF3NO3/c1-9(2)21-12-8-10(7-11(20-12)15(17,18)19)16-22-13(3,4)14(5,6)23-16/h7-9H,1-6H3. The van der Waals surface area contributed by atoms with Crippen LogP contribution in [0.2, 0.25) is 0 Å². The molecular formula is C15H21BF3NO3. The summed E-state index contributed by atoms with van der Waals surface area (Å²) in [5.74, 6) is -0.0977. The van der Waals surface area contributed by atoms with Crippen molar-refractivity contribution in [3.63, 3.8) is 0 Å². The summed E-state index contributed by atoms with van der Waals surface area (Å²) in [6.07, 6.45) is -4.87. The van der Waals surface area contributed by atoms with Crippen LogP contribution in [-0.4, -0.2) is 29.4 Å². The molecule has 0 N–H and O–H groups in total. The van der Waals surface area contributed by atoms with Gasteiger partial charge in [0.25, 0.3) is 0 Å². The van der Waals surface area contributed by atoms with Gasteiger partial charge in [-0.05, 0) is 53.1 Å². The quantitative estimate of drug-likeness (QED) is 0.798. The van der Waals surface area contributed by atoms with Crippen molar-refractivity contribution >= 4 is 12.6 Å². The van der Waals surface area contributed by atoms with Crippen LogP contribution in [0.4, 0.5) is 13.2 Å². The van der Waals surface area contributed by atoms with Crippen LogP contribution in [-0.2, 0) is 15.5 Å². The fourth-order valence-corrected chi connectivity index (χ4v) is 2.09. The van der Waals surface area contributed by atoms with E-state index < -0.39 is 30.2 Å². The third-order valence-electron chi connectivity index (χ3n) is 4.00. The van der Waals surface area contributed by atoms with E-state index in [1.807, 2.05) is 27.7 Å². The highest BCUT2D eigenvalue weighted by Crippen LogP contribution is 2.37. The van der Waals surface area contributed by atoms with E-state index in [1.54, 1.807) is 13.8 Å². The average Bonchev–Trinajstić information content (AvgIpc) is 2.56. The second-order valence-electron chi connectivity index (χ2n) is 6.88. The Morgan fingerprint density at radius 1 is 1.09 bits per heavy atom. The zero-order valence-corrected chi connectivity index (χ0v) is 14.1. The van der Waals surface area contributed by atoms with Gasteiger partial charge in [0.05, 0.1) is 17.3 Å². The Morgan fingerprint density at radius 3 is 2.04 bits per heavy atom. The van der Waals surface area contributed by atoms with Gasteiger partial charge in [0.15, 0.2) is 0 Å². The van der Waals surface area contributed by atoms with Crippen LogP contribution in [0.5, 0.6) is 5.88 Å². The molecule has 0 bridgehead atoms. The molecule has 1 aromatic rings. The average molecular weight is 331 g/mol. The van der Waals surface area contributed by atoms with Crippen molar-refractivity contribution in [2.45, 2.75) is 65.0 Å². The number of hydrogen-bond donors (Lipinski definition) is 0. The molecule has 0 amide bonds. The van der Waals surface area contributed by atoms with Crippen LogP contribution < -0.4 is 10.2 Å². The molecule has 23 heavy (non-hydrogen) atoms. The summed E-state index contributed by atoms with van der Waals surface area (Å²) >= 11 is 0. The highest BCUT2D eigenvalue weighted by molar-refractivity contribution is 6.62. The summed E-state index contributed by atoms with van der Waals surface area (Å²) in [5.41, 5.74) is -2.07. The van der Waals surface area contributed by atoms with Gasteiger partial charge < -0.3 is 14.0 Å². The summed E-state index contributed by atoms with van der Waals surface area (Å²) in [5, 5.41) is 0. The van der Waals surface area contributed by atoms with Crippen molar-refractivity contribution < 1.29 is 27.2 Å². The van der Waals surface area contributed by atoms with Crippen LogP contribution >= 0.6 is 0 Å². The second-order valence-corrected chi connectivity index (χ2v) is 6.88. The molecule has 0 spiro atoms. The molecule has 1 aliphatic heterocycles. The second kappa shape index (κ2) is 5.67. The maximum Gasteiger partial charge on any atom is 0.495 e. The first kappa shape index (κ1) is 18.1. The van der Waals surface area contributed by atoms with Crippen LogP contribution in [0.1, 0.15) is 47.2 Å². The fraction of sp³-hybridized carbons (Fsp3) is 0.667. The highest BCUT2D eigenvalue weighted by atomic mass is 19.4. The van der Waals surface area contributed by atoms with Crippen molar-refractivity contribution in [3.05, 3.63) is 17.8 Å². The topological polar surface area (TPSA) is 40.6 Å². The van der Waals surface area contributed by atoms with Gasteiger partial charge in [-0.1, -0.05) is 0 Å². The lowest BCUT2D eigenvalue weighted by Gasteiger charge is -2.32. The minimum Gasteiger partial charge on any atom is -0.475 e. The van der Waals surface area contributed by atoms with Gasteiger partial charge >= 0.3 is 13.3 Å². The molecule has 128 valence electrons. The molecule has 0 saturated carbocycles. The lowest BCUT2D eigenvalue weighted by molar-refractivity contribution is -0.141. The number of pyridine rings is 1. The predicted octanol–water partition coefficient (Wildman–Crippen LogP) is 3.19. The molecule has 4 nitrogen and oxygen atoms in total. The molecule has 0 atom stereocenters. The Bertz CT molecular complexity index is 572. The minimum absolute atomic E-state index is 0.0977. The van der Waals surface area contributed by atoms with E-state index in [0.717, 1.165) is 6.07 Å². The molecule has 8 heteroatoms. The van der Waals surface area contributed by atoms with E-state index in [0.29, 0.717) is 0 Å². The maximum atomic E-state index is 13.1. The van der Waals surface area contributed by atoms with Crippen molar-refractivity contribution in [1.29, 1.82) is 0 Å². The van der Waals surface area contributed by atoms with Gasteiger partial charge in [-0.15, -0.1) is 0 Å². The lowest BCUT2D eigenvalue weighted by Crippen LogP contribution is -2.41. The summed E-state index contributed by atoms with van der Waals surface area (Å²) in [7, 11) is -0.904. The van der Waals surface area contributed by atoms with Crippen LogP contribution in [0.15, 0.2) is 12.1 Å². The van der Waals surface area contributed by atoms with E-state index in [2.05, 4.69) is 4.98 Å². The zero-order chi connectivity index (χ0) is 17.6. The molecule has 0 unspecified atom stereocenters. The van der Waals surface area contributed by atoms with Crippen molar-refractivity contribution in [2.24, 2.45) is 0 Å². The molecule has 1 aromatic heterocycles. The van der Waals surface area contributed by atoms with Gasteiger partial charge in [-0.2, -0.15) is 13.2 Å².